The van der Waals surface area contributed by atoms with Crippen molar-refractivity contribution in [3.63, 3.8) is 0 Å². The molecule has 6 aromatic rings. The third kappa shape index (κ3) is 16.5. The zero-order valence-electron chi connectivity index (χ0n) is 30.5. The second-order valence-electron chi connectivity index (χ2n) is 13.4. The Labute approximate surface area is 328 Å². The van der Waals surface area contributed by atoms with Gasteiger partial charge in [-0.15, -0.1) is 0 Å². The molecular formula is C46H48P2PtSi2. The molecule has 0 heterocycles. The van der Waals surface area contributed by atoms with Gasteiger partial charge in [-0.05, 0) is 47.7 Å². The Morgan fingerprint density at radius 2 is 0.431 bits per heavy atom. The molecule has 0 aliphatic carbocycles. The van der Waals surface area contributed by atoms with Crippen LogP contribution in [-0.4, -0.2) is 16.1 Å². The molecule has 0 N–H and O–H groups in total. The first-order valence-corrected chi connectivity index (χ1v) is 26.5. The van der Waals surface area contributed by atoms with Gasteiger partial charge in [0.1, 0.15) is 0 Å². The number of hydrogen-bond acceptors (Lipinski definition) is 0. The summed E-state index contributed by atoms with van der Waals surface area (Å²) in [5.74, 6) is 0. The van der Waals surface area contributed by atoms with E-state index in [9.17, 15) is 0 Å². The maximum atomic E-state index is 6.67. The van der Waals surface area contributed by atoms with Crippen LogP contribution in [0.4, 0.5) is 0 Å². The van der Waals surface area contributed by atoms with Crippen LogP contribution in [0.15, 0.2) is 182 Å². The Hall–Kier alpha value is -3.58. The zero-order chi connectivity index (χ0) is 36.2. The summed E-state index contributed by atoms with van der Waals surface area (Å²) in [6.07, 6.45) is 13.3. The van der Waals surface area contributed by atoms with E-state index >= 15 is 0 Å². The molecule has 0 unspecified atom stereocenters. The maximum Gasteiger partial charge on any atom is 2.00 e. The molecule has 260 valence electrons. The summed E-state index contributed by atoms with van der Waals surface area (Å²) in [6, 6.07) is 64.7. The third-order valence-corrected chi connectivity index (χ3v) is 13.2. The predicted molar refractivity (Wildman–Crippen MR) is 231 cm³/mol. The molecule has 6 aromatic carbocycles. The third-order valence-electron chi connectivity index (χ3n) is 6.84. The van der Waals surface area contributed by atoms with Crippen molar-refractivity contribution in [2.45, 2.75) is 39.3 Å². The molecule has 51 heavy (non-hydrogen) atoms. The Morgan fingerprint density at radius 3 is 0.529 bits per heavy atom. The topological polar surface area (TPSA) is 0 Å². The number of hydrogen-bond donors (Lipinski definition) is 0. The molecule has 0 aromatic heterocycles. The average Bonchev–Trinajstić information content (AvgIpc) is 3.15. The van der Waals surface area contributed by atoms with Crippen molar-refractivity contribution in [1.29, 1.82) is 0 Å². The summed E-state index contributed by atoms with van der Waals surface area (Å²) in [4.78, 5) is 0. The fourth-order valence-electron chi connectivity index (χ4n) is 4.36. The van der Waals surface area contributed by atoms with Crippen LogP contribution in [0, 0.1) is 23.9 Å². The second-order valence-corrected chi connectivity index (χ2v) is 27.4. The fourth-order valence-corrected chi connectivity index (χ4v) is 8.97. The second kappa shape index (κ2) is 23.1. The van der Waals surface area contributed by atoms with Crippen molar-refractivity contribution in [3.05, 3.63) is 195 Å². The summed E-state index contributed by atoms with van der Waals surface area (Å²) in [5, 5.41) is 8.39. The molecule has 0 bridgehead atoms. The Balaban J connectivity index is 0.000000266. The summed E-state index contributed by atoms with van der Waals surface area (Å²) >= 11 is 0. The van der Waals surface area contributed by atoms with E-state index in [1.807, 2.05) is 0 Å². The van der Waals surface area contributed by atoms with Gasteiger partial charge in [-0.1, -0.05) is 221 Å². The first kappa shape index (κ1) is 43.6. The van der Waals surface area contributed by atoms with E-state index in [-0.39, 0.29) is 21.1 Å². The smallest absolute Gasteiger partial charge is 0.701 e. The standard InChI is InChI=1S/2C18H15P.2C5H9Si.Pt/c2*1-4-10-16(11-5-1)19(17-12-6-2-7-13-17)18-14-8-3-9-15-18;2*1-5-6(2,3)4;/h2*1-15H;2*2-4H3;/q;;2*-1;+2. The maximum absolute atomic E-state index is 6.67. The van der Waals surface area contributed by atoms with E-state index in [4.69, 9.17) is 12.8 Å². The van der Waals surface area contributed by atoms with Gasteiger partial charge >= 0.3 is 21.1 Å². The predicted octanol–water partition coefficient (Wildman–Crippen LogP) is 9.79. The SMILES string of the molecule is [C-]#C[Si](C)(C)C.[C-]#C[Si](C)(C)C.[Pt+2].c1ccc(P(c2ccccc2)c2ccccc2)cc1.c1ccc(P(c2ccccc2)c2ccccc2)cc1. The fraction of sp³-hybridized carbons (Fsp3) is 0.130. The monoisotopic (exact) mass is 913 g/mol. The minimum Gasteiger partial charge on any atom is -0.701 e. The van der Waals surface area contributed by atoms with Crippen molar-refractivity contribution in [2.24, 2.45) is 0 Å². The zero-order valence-corrected chi connectivity index (χ0v) is 36.6. The van der Waals surface area contributed by atoms with Crippen LogP contribution in [0.3, 0.4) is 0 Å². The van der Waals surface area contributed by atoms with Gasteiger partial charge in [-0.25, -0.2) is 0 Å². The Bertz CT molecular complexity index is 1530. The Morgan fingerprint density at radius 1 is 0.314 bits per heavy atom. The van der Waals surface area contributed by atoms with Gasteiger partial charge in [0.15, 0.2) is 0 Å². The normalized spacial score (nSPS) is 10.3. The quantitative estimate of drug-likeness (QED) is 0.0677. The summed E-state index contributed by atoms with van der Waals surface area (Å²) in [6.45, 7) is 12.5. The molecule has 0 spiro atoms. The van der Waals surface area contributed by atoms with Crippen LogP contribution in [-0.2, 0) is 21.1 Å². The first-order valence-electron chi connectivity index (χ1n) is 16.8. The van der Waals surface area contributed by atoms with E-state index in [1.54, 1.807) is 0 Å². The molecule has 0 aliphatic heterocycles. The van der Waals surface area contributed by atoms with Crippen LogP contribution in [0.2, 0.25) is 39.3 Å². The van der Waals surface area contributed by atoms with Crippen molar-refractivity contribution in [1.82, 2.24) is 0 Å². The molecule has 6 rings (SSSR count). The number of rotatable bonds is 6. The van der Waals surface area contributed by atoms with Crippen LogP contribution in [0.25, 0.3) is 0 Å². The molecule has 0 saturated carbocycles. The van der Waals surface area contributed by atoms with Gasteiger partial charge in [0.25, 0.3) is 0 Å². The van der Waals surface area contributed by atoms with Gasteiger partial charge in [-0.2, -0.15) is 0 Å². The largest absolute Gasteiger partial charge is 2.00 e. The summed E-state index contributed by atoms with van der Waals surface area (Å²) in [5.41, 5.74) is 4.99. The van der Waals surface area contributed by atoms with E-state index in [2.05, 4.69) is 232 Å². The molecule has 0 amide bonds. The van der Waals surface area contributed by atoms with E-state index in [1.165, 1.54) is 31.8 Å². The molecular weight excluding hydrogens is 866 g/mol. The van der Waals surface area contributed by atoms with Gasteiger partial charge < -0.3 is 23.9 Å². The summed E-state index contributed by atoms with van der Waals surface area (Å²) < 4.78 is 0. The van der Waals surface area contributed by atoms with Crippen molar-refractivity contribution >= 4 is 63.8 Å². The molecule has 0 atom stereocenters. The first-order chi connectivity index (χ1) is 24.0. The molecule has 0 fully saturated rings. The summed E-state index contributed by atoms with van der Waals surface area (Å²) in [7, 11) is -3.32. The van der Waals surface area contributed by atoms with Gasteiger partial charge in [0.05, 0.1) is 16.1 Å². The van der Waals surface area contributed by atoms with Gasteiger partial charge in [0, 0.05) is 0 Å². The molecule has 5 heteroatoms. The van der Waals surface area contributed by atoms with Gasteiger partial charge in [-0.3, -0.25) is 0 Å². The molecule has 0 saturated heterocycles. The van der Waals surface area contributed by atoms with E-state index < -0.39 is 32.0 Å². The van der Waals surface area contributed by atoms with Crippen molar-refractivity contribution in [2.75, 3.05) is 0 Å². The molecule has 0 radical (unpaired) electrons. The van der Waals surface area contributed by atoms with Crippen LogP contribution >= 0.6 is 15.8 Å². The van der Waals surface area contributed by atoms with Crippen LogP contribution in [0.1, 0.15) is 0 Å². The molecule has 0 nitrogen and oxygen atoms in total. The van der Waals surface area contributed by atoms with Crippen LogP contribution < -0.4 is 31.8 Å². The van der Waals surface area contributed by atoms with E-state index in [0.29, 0.717) is 0 Å². The minimum absolute atomic E-state index is 0. The van der Waals surface area contributed by atoms with Crippen molar-refractivity contribution < 1.29 is 21.1 Å². The van der Waals surface area contributed by atoms with Crippen LogP contribution in [0.5, 0.6) is 0 Å². The van der Waals surface area contributed by atoms with E-state index in [0.717, 1.165) is 0 Å². The number of benzene rings is 6. The van der Waals surface area contributed by atoms with Crippen molar-refractivity contribution in [3.8, 4) is 11.1 Å². The minimum atomic E-state index is -1.21. The molecule has 0 aliphatic rings. The average molecular weight is 914 g/mol. The Kier molecular flexibility index (Phi) is 19.7. The van der Waals surface area contributed by atoms with Gasteiger partial charge in [0.2, 0.25) is 0 Å².